The fourth-order valence-electron chi connectivity index (χ4n) is 4.05. The number of benzene rings is 2. The van der Waals surface area contributed by atoms with Gasteiger partial charge in [-0.2, -0.15) is 0 Å². The van der Waals surface area contributed by atoms with Gasteiger partial charge in [-0.1, -0.05) is 0 Å². The second-order valence-corrected chi connectivity index (χ2v) is 7.77. The van der Waals surface area contributed by atoms with E-state index in [1.807, 2.05) is 0 Å². The van der Waals surface area contributed by atoms with Crippen molar-refractivity contribution in [3.8, 4) is 17.2 Å². The fraction of sp³-hybridized carbons (Fsp3) is 0.182. The molecule has 5 rings (SSSR count). The predicted octanol–water partition coefficient (Wildman–Crippen LogP) is 4.12. The number of phenolic OH excluding ortho intramolecular Hbond substituents is 1. The van der Waals surface area contributed by atoms with Crippen molar-refractivity contribution in [1.29, 1.82) is 0 Å². The number of urea groups is 1. The Bertz CT molecular complexity index is 1210. The number of nitrogens with zero attached hydrogens (tertiary/aromatic N) is 1. The first-order chi connectivity index (χ1) is 14.9. The topological polar surface area (TPSA) is 110 Å². The molecule has 0 unspecified atom stereocenters. The SMILES string of the molecule is Nc1cc(Oc2ccc(O)c([C@@H]3[C@@H]4C[C@@]34NC(=O)Nc3ccc(F)cc3F)c2)ccn1. The number of aromatic hydroxyl groups is 1. The summed E-state index contributed by atoms with van der Waals surface area (Å²) in [4.78, 5) is 16.3. The van der Waals surface area contributed by atoms with E-state index in [2.05, 4.69) is 15.6 Å². The summed E-state index contributed by atoms with van der Waals surface area (Å²) in [5.74, 6) is -0.0328. The molecule has 7 nitrogen and oxygen atoms in total. The van der Waals surface area contributed by atoms with Gasteiger partial charge in [-0.3, -0.25) is 0 Å². The molecule has 9 heteroatoms. The predicted molar refractivity (Wildman–Crippen MR) is 109 cm³/mol. The van der Waals surface area contributed by atoms with Crippen molar-refractivity contribution in [3.63, 3.8) is 0 Å². The van der Waals surface area contributed by atoms with Gasteiger partial charge in [0.25, 0.3) is 0 Å². The van der Waals surface area contributed by atoms with E-state index in [1.165, 1.54) is 12.3 Å². The third-order valence-electron chi connectivity index (χ3n) is 5.76. The van der Waals surface area contributed by atoms with E-state index in [-0.39, 0.29) is 23.3 Å². The van der Waals surface area contributed by atoms with E-state index in [4.69, 9.17) is 10.5 Å². The number of rotatable bonds is 5. The van der Waals surface area contributed by atoms with Crippen molar-refractivity contribution in [2.24, 2.45) is 5.92 Å². The van der Waals surface area contributed by atoms with E-state index in [9.17, 15) is 18.7 Å². The number of nitrogen functional groups attached to an aromatic ring is 1. The van der Waals surface area contributed by atoms with Crippen LogP contribution in [0.1, 0.15) is 17.9 Å². The molecule has 0 spiro atoms. The summed E-state index contributed by atoms with van der Waals surface area (Å²) in [6.07, 6.45) is 2.28. The highest BCUT2D eigenvalue weighted by Crippen LogP contribution is 2.77. The number of hydrogen-bond donors (Lipinski definition) is 4. The zero-order chi connectivity index (χ0) is 21.8. The van der Waals surface area contributed by atoms with Crippen LogP contribution in [0.2, 0.25) is 0 Å². The van der Waals surface area contributed by atoms with Crippen LogP contribution >= 0.6 is 0 Å². The summed E-state index contributed by atoms with van der Waals surface area (Å²) in [6, 6.07) is 10.5. The van der Waals surface area contributed by atoms with Gasteiger partial charge in [-0.15, -0.1) is 0 Å². The number of carbonyl (C=O) groups is 1. The van der Waals surface area contributed by atoms with E-state index in [0.717, 1.165) is 18.6 Å². The lowest BCUT2D eigenvalue weighted by Gasteiger charge is -2.17. The maximum absolute atomic E-state index is 13.8. The van der Waals surface area contributed by atoms with Crippen molar-refractivity contribution in [2.75, 3.05) is 11.1 Å². The molecule has 31 heavy (non-hydrogen) atoms. The molecule has 0 radical (unpaired) electrons. The standard InChI is InChI=1S/C22H18F2N4O3/c23-11-1-3-17(16(24)7-11)27-21(30)28-22-10-15(22)20(22)14-8-12(2-4-18(14)29)31-13-5-6-26-19(25)9-13/h1-9,15,20,29H,10H2,(H2,25,26)(H2,27,28,30)/t15-,20+,22-/m0/s1. The third kappa shape index (κ3) is 3.48. The largest absolute Gasteiger partial charge is 0.508 e. The molecule has 2 fully saturated rings. The monoisotopic (exact) mass is 424 g/mol. The summed E-state index contributed by atoms with van der Waals surface area (Å²) in [6.45, 7) is 0. The number of anilines is 2. The summed E-state index contributed by atoms with van der Waals surface area (Å²) in [5.41, 5.74) is 5.72. The van der Waals surface area contributed by atoms with Gasteiger partial charge in [-0.05, 0) is 48.7 Å². The Hall–Kier alpha value is -3.88. The van der Waals surface area contributed by atoms with Gasteiger partial charge in [0, 0.05) is 29.8 Å². The minimum absolute atomic E-state index is 0.0811. The van der Waals surface area contributed by atoms with Crippen molar-refractivity contribution in [3.05, 3.63) is 71.9 Å². The van der Waals surface area contributed by atoms with Gasteiger partial charge in [0.1, 0.15) is 34.7 Å². The molecule has 1 heterocycles. The summed E-state index contributed by atoms with van der Waals surface area (Å²) >= 11 is 0. The molecule has 1 aromatic heterocycles. The molecule has 0 aliphatic heterocycles. The number of amides is 2. The number of carbonyl (C=O) groups excluding carboxylic acids is 1. The number of fused-ring (bicyclic) bond motifs is 1. The van der Waals surface area contributed by atoms with E-state index in [0.29, 0.717) is 28.9 Å². The highest BCUT2D eigenvalue weighted by Gasteiger charge is 2.80. The Kier molecular flexibility index (Phi) is 4.21. The number of halogens is 2. The summed E-state index contributed by atoms with van der Waals surface area (Å²) in [5, 5.41) is 15.6. The highest BCUT2D eigenvalue weighted by atomic mass is 19.1. The number of phenols is 1. The average molecular weight is 424 g/mol. The Labute approximate surface area is 175 Å². The Morgan fingerprint density at radius 1 is 1.16 bits per heavy atom. The maximum Gasteiger partial charge on any atom is 0.319 e. The summed E-state index contributed by atoms with van der Waals surface area (Å²) < 4.78 is 32.6. The first-order valence-electron chi connectivity index (χ1n) is 9.62. The minimum atomic E-state index is -0.855. The van der Waals surface area contributed by atoms with Gasteiger partial charge in [0.2, 0.25) is 0 Å². The number of aromatic nitrogens is 1. The second-order valence-electron chi connectivity index (χ2n) is 7.77. The normalized spacial score (nSPS) is 22.9. The van der Waals surface area contributed by atoms with Crippen molar-refractivity contribution in [2.45, 2.75) is 17.9 Å². The molecule has 2 aromatic carbocycles. The van der Waals surface area contributed by atoms with Gasteiger partial charge in [0.15, 0.2) is 0 Å². The zero-order valence-electron chi connectivity index (χ0n) is 16.1. The average Bonchev–Trinajstić information content (AvgIpc) is 3.56. The molecule has 2 aliphatic rings. The lowest BCUT2D eigenvalue weighted by molar-refractivity contribution is 0.249. The Morgan fingerprint density at radius 3 is 2.71 bits per heavy atom. The highest BCUT2D eigenvalue weighted by molar-refractivity contribution is 5.91. The van der Waals surface area contributed by atoms with Gasteiger partial charge in [0.05, 0.1) is 11.2 Å². The second kappa shape index (κ2) is 6.83. The molecule has 158 valence electrons. The van der Waals surface area contributed by atoms with Crippen molar-refractivity contribution >= 4 is 17.5 Å². The number of ether oxygens (including phenoxy) is 1. The number of nitrogens with one attached hydrogen (secondary N) is 2. The number of nitrogens with two attached hydrogens (primary N) is 1. The lowest BCUT2D eigenvalue weighted by atomic mass is 9.99. The molecule has 0 bridgehead atoms. The Morgan fingerprint density at radius 2 is 1.97 bits per heavy atom. The third-order valence-corrected chi connectivity index (χ3v) is 5.76. The number of hydrogen-bond acceptors (Lipinski definition) is 5. The van der Waals surface area contributed by atoms with Crippen LogP contribution in [-0.2, 0) is 0 Å². The van der Waals surface area contributed by atoms with Gasteiger partial charge in [-0.25, -0.2) is 18.6 Å². The van der Waals surface area contributed by atoms with E-state index < -0.39 is 23.2 Å². The van der Waals surface area contributed by atoms with Crippen LogP contribution in [0.3, 0.4) is 0 Å². The quantitative estimate of drug-likeness (QED) is 0.493. The van der Waals surface area contributed by atoms with Crippen LogP contribution in [0.25, 0.3) is 0 Å². The fourth-order valence-corrected chi connectivity index (χ4v) is 4.05. The molecule has 2 amide bonds. The first-order valence-corrected chi connectivity index (χ1v) is 9.62. The van der Waals surface area contributed by atoms with Crippen LogP contribution in [0, 0.1) is 17.6 Å². The van der Waals surface area contributed by atoms with E-state index in [1.54, 1.807) is 24.3 Å². The van der Waals surface area contributed by atoms with Crippen LogP contribution in [-0.4, -0.2) is 21.7 Å². The molecule has 2 saturated carbocycles. The molecular weight excluding hydrogens is 406 g/mol. The number of pyridine rings is 1. The first kappa shape index (κ1) is 19.1. The van der Waals surface area contributed by atoms with Gasteiger partial charge < -0.3 is 26.2 Å². The van der Waals surface area contributed by atoms with E-state index >= 15 is 0 Å². The van der Waals surface area contributed by atoms with Gasteiger partial charge >= 0.3 is 6.03 Å². The molecule has 3 aromatic rings. The lowest BCUT2D eigenvalue weighted by Crippen LogP contribution is -2.36. The van der Waals surface area contributed by atoms with Crippen LogP contribution < -0.4 is 21.1 Å². The zero-order valence-corrected chi connectivity index (χ0v) is 16.1. The smallest absolute Gasteiger partial charge is 0.319 e. The molecule has 3 atom stereocenters. The van der Waals surface area contributed by atoms with Crippen LogP contribution in [0.5, 0.6) is 17.2 Å². The molecule has 0 saturated heterocycles. The van der Waals surface area contributed by atoms with Crippen molar-refractivity contribution in [1.82, 2.24) is 10.3 Å². The minimum Gasteiger partial charge on any atom is -0.508 e. The van der Waals surface area contributed by atoms with Crippen LogP contribution in [0.15, 0.2) is 54.7 Å². The Balaban J connectivity index is 1.28. The molecule has 2 aliphatic carbocycles. The van der Waals surface area contributed by atoms with Crippen LogP contribution in [0.4, 0.5) is 25.1 Å². The van der Waals surface area contributed by atoms with Crippen molar-refractivity contribution < 1.29 is 23.4 Å². The molecule has 5 N–H and O–H groups in total. The summed E-state index contributed by atoms with van der Waals surface area (Å²) in [7, 11) is 0. The molecular formula is C22H18F2N4O3. The maximum atomic E-state index is 13.8.